The van der Waals surface area contributed by atoms with Crippen molar-refractivity contribution in [2.75, 3.05) is 43.5 Å². The molecule has 28 heavy (non-hydrogen) atoms. The van der Waals surface area contributed by atoms with Gasteiger partial charge in [-0.2, -0.15) is 0 Å². The zero-order chi connectivity index (χ0) is 19.9. The predicted octanol–water partition coefficient (Wildman–Crippen LogP) is 5.12. The number of thiocarbonyl (C=S) groups is 1. The topological polar surface area (TPSA) is 27.7 Å². The van der Waals surface area contributed by atoms with Crippen LogP contribution in [0, 0.1) is 0 Å². The summed E-state index contributed by atoms with van der Waals surface area (Å²) in [5.74, 6) is 1.53. The highest BCUT2D eigenvalue weighted by Crippen LogP contribution is 2.34. The molecule has 0 aromatic heterocycles. The summed E-state index contributed by atoms with van der Waals surface area (Å²) in [6.07, 6.45) is 2.17. The second-order valence-electron chi connectivity index (χ2n) is 7.15. The van der Waals surface area contributed by atoms with E-state index in [0.29, 0.717) is 5.92 Å². The average molecular weight is 398 g/mol. The highest BCUT2D eigenvalue weighted by atomic mass is 32.1. The number of ether oxygens (including phenoxy) is 1. The maximum atomic E-state index is 5.67. The number of likely N-dealkylation sites (tertiary alicyclic amines) is 1. The SMILES string of the molecule is CCN(CC)c1ccc(NC(=S)N2CCC(c3ccccc3OC)CC2)cc1. The Morgan fingerprint density at radius 1 is 1.07 bits per heavy atom. The first-order valence-corrected chi connectivity index (χ1v) is 10.6. The molecule has 5 heteroatoms. The minimum atomic E-state index is 0.531. The molecule has 0 radical (unpaired) electrons. The molecule has 1 aliphatic rings. The fourth-order valence-electron chi connectivity index (χ4n) is 3.94. The van der Waals surface area contributed by atoms with Crippen LogP contribution in [0.5, 0.6) is 5.75 Å². The molecule has 150 valence electrons. The summed E-state index contributed by atoms with van der Waals surface area (Å²) in [6.45, 7) is 8.32. The van der Waals surface area contributed by atoms with Gasteiger partial charge in [0.2, 0.25) is 0 Å². The van der Waals surface area contributed by atoms with Gasteiger partial charge < -0.3 is 19.9 Å². The van der Waals surface area contributed by atoms with E-state index in [4.69, 9.17) is 17.0 Å². The Morgan fingerprint density at radius 3 is 2.32 bits per heavy atom. The third kappa shape index (κ3) is 4.76. The van der Waals surface area contributed by atoms with Crippen molar-refractivity contribution in [1.82, 2.24) is 4.90 Å². The number of benzene rings is 2. The van der Waals surface area contributed by atoms with E-state index in [1.807, 2.05) is 6.07 Å². The van der Waals surface area contributed by atoms with Gasteiger partial charge in [-0.1, -0.05) is 18.2 Å². The van der Waals surface area contributed by atoms with E-state index in [-0.39, 0.29) is 0 Å². The van der Waals surface area contributed by atoms with E-state index < -0.39 is 0 Å². The summed E-state index contributed by atoms with van der Waals surface area (Å²) >= 11 is 5.67. The van der Waals surface area contributed by atoms with Gasteiger partial charge in [-0.05, 0) is 80.7 Å². The molecule has 1 heterocycles. The lowest BCUT2D eigenvalue weighted by Crippen LogP contribution is -2.40. The average Bonchev–Trinajstić information content (AvgIpc) is 2.76. The van der Waals surface area contributed by atoms with Crippen LogP contribution in [-0.2, 0) is 0 Å². The maximum absolute atomic E-state index is 5.67. The molecule has 4 nitrogen and oxygen atoms in total. The Labute approximate surface area is 174 Å². The molecule has 0 saturated carbocycles. The molecule has 0 aliphatic carbocycles. The molecule has 0 atom stereocenters. The van der Waals surface area contributed by atoms with E-state index in [1.165, 1.54) is 11.3 Å². The monoisotopic (exact) mass is 397 g/mol. The second kappa shape index (κ2) is 9.78. The van der Waals surface area contributed by atoms with Crippen molar-refractivity contribution in [3.63, 3.8) is 0 Å². The number of anilines is 2. The zero-order valence-electron chi connectivity index (χ0n) is 17.1. The van der Waals surface area contributed by atoms with Crippen molar-refractivity contribution >= 4 is 28.7 Å². The van der Waals surface area contributed by atoms with E-state index in [1.54, 1.807) is 7.11 Å². The van der Waals surface area contributed by atoms with Crippen LogP contribution in [0.2, 0.25) is 0 Å². The number of rotatable bonds is 6. The van der Waals surface area contributed by atoms with Crippen molar-refractivity contribution in [3.8, 4) is 5.75 Å². The molecule has 0 unspecified atom stereocenters. The van der Waals surface area contributed by atoms with Gasteiger partial charge in [0.25, 0.3) is 0 Å². The summed E-state index contributed by atoms with van der Waals surface area (Å²) in [6, 6.07) is 16.9. The molecule has 2 aromatic carbocycles. The van der Waals surface area contributed by atoms with Crippen LogP contribution in [0.3, 0.4) is 0 Å². The molecule has 0 bridgehead atoms. The smallest absolute Gasteiger partial charge is 0.173 e. The fourth-order valence-corrected chi connectivity index (χ4v) is 4.24. The molecule has 3 rings (SSSR count). The van der Waals surface area contributed by atoms with Gasteiger partial charge in [-0.25, -0.2) is 0 Å². The lowest BCUT2D eigenvalue weighted by molar-refractivity contribution is 0.310. The van der Waals surface area contributed by atoms with E-state index in [9.17, 15) is 0 Å². The van der Waals surface area contributed by atoms with Crippen LogP contribution in [0.25, 0.3) is 0 Å². The quantitative estimate of drug-likeness (QED) is 0.683. The number of hydrogen-bond acceptors (Lipinski definition) is 3. The number of nitrogens with one attached hydrogen (secondary N) is 1. The first-order chi connectivity index (χ1) is 13.7. The Kier molecular flexibility index (Phi) is 7.15. The van der Waals surface area contributed by atoms with Crippen LogP contribution in [0.1, 0.15) is 38.2 Å². The minimum absolute atomic E-state index is 0.531. The van der Waals surface area contributed by atoms with E-state index >= 15 is 0 Å². The van der Waals surface area contributed by atoms with Gasteiger partial charge in [-0.3, -0.25) is 0 Å². The van der Waals surface area contributed by atoms with Gasteiger partial charge in [-0.15, -0.1) is 0 Å². The number of para-hydroxylation sites is 1. The van der Waals surface area contributed by atoms with Gasteiger partial charge in [0, 0.05) is 37.6 Å². The Bertz CT molecular complexity index is 766. The molecule has 0 amide bonds. The lowest BCUT2D eigenvalue weighted by atomic mass is 9.89. The lowest BCUT2D eigenvalue weighted by Gasteiger charge is -2.34. The summed E-state index contributed by atoms with van der Waals surface area (Å²) in [5.41, 5.74) is 3.61. The van der Waals surface area contributed by atoms with Crippen molar-refractivity contribution in [2.45, 2.75) is 32.6 Å². The normalized spacial score (nSPS) is 14.6. The number of hydrogen-bond donors (Lipinski definition) is 1. The maximum Gasteiger partial charge on any atom is 0.173 e. The molecule has 1 fully saturated rings. The fraction of sp³-hybridized carbons (Fsp3) is 0.435. The molecule has 2 aromatic rings. The van der Waals surface area contributed by atoms with Crippen LogP contribution in [0.15, 0.2) is 48.5 Å². The van der Waals surface area contributed by atoms with Crippen molar-refractivity contribution < 1.29 is 4.74 Å². The summed E-state index contributed by atoms with van der Waals surface area (Å²) < 4.78 is 5.54. The van der Waals surface area contributed by atoms with Gasteiger partial charge in [0.15, 0.2) is 5.11 Å². The van der Waals surface area contributed by atoms with E-state index in [0.717, 1.165) is 55.6 Å². The van der Waals surface area contributed by atoms with Crippen molar-refractivity contribution in [1.29, 1.82) is 0 Å². The molecule has 1 saturated heterocycles. The summed E-state index contributed by atoms with van der Waals surface area (Å²) in [7, 11) is 1.75. The zero-order valence-corrected chi connectivity index (χ0v) is 18.0. The Hall–Kier alpha value is -2.27. The highest BCUT2D eigenvalue weighted by molar-refractivity contribution is 7.80. The summed E-state index contributed by atoms with van der Waals surface area (Å²) in [4.78, 5) is 4.62. The van der Waals surface area contributed by atoms with Crippen LogP contribution >= 0.6 is 12.2 Å². The first kappa shape index (κ1) is 20.5. The minimum Gasteiger partial charge on any atom is -0.496 e. The molecule has 1 N–H and O–H groups in total. The third-order valence-electron chi connectivity index (χ3n) is 5.61. The molecule has 1 aliphatic heterocycles. The van der Waals surface area contributed by atoms with Crippen LogP contribution in [-0.4, -0.2) is 43.3 Å². The highest BCUT2D eigenvalue weighted by Gasteiger charge is 2.24. The number of methoxy groups -OCH3 is 1. The van der Waals surface area contributed by atoms with Crippen molar-refractivity contribution in [2.24, 2.45) is 0 Å². The standard InChI is InChI=1S/C23H31N3OS/c1-4-25(5-2)20-12-10-19(11-13-20)24-23(28)26-16-14-18(15-17-26)21-8-6-7-9-22(21)27-3/h6-13,18H,4-5,14-17H2,1-3H3,(H,24,28). The first-order valence-electron chi connectivity index (χ1n) is 10.2. The predicted molar refractivity (Wildman–Crippen MR) is 123 cm³/mol. The number of nitrogens with zero attached hydrogens (tertiary/aromatic N) is 2. The molecule has 0 spiro atoms. The van der Waals surface area contributed by atoms with Gasteiger partial charge in [0.1, 0.15) is 5.75 Å². The van der Waals surface area contributed by atoms with E-state index in [2.05, 4.69) is 71.4 Å². The molecular weight excluding hydrogens is 366 g/mol. The Morgan fingerprint density at radius 2 is 1.71 bits per heavy atom. The van der Waals surface area contributed by atoms with Gasteiger partial charge in [0.05, 0.1) is 7.11 Å². The largest absolute Gasteiger partial charge is 0.496 e. The van der Waals surface area contributed by atoms with Gasteiger partial charge >= 0.3 is 0 Å². The number of piperidine rings is 1. The molecular formula is C23H31N3OS. The Balaban J connectivity index is 1.55. The van der Waals surface area contributed by atoms with Crippen LogP contribution < -0.4 is 15.0 Å². The van der Waals surface area contributed by atoms with Crippen LogP contribution in [0.4, 0.5) is 11.4 Å². The van der Waals surface area contributed by atoms with Crippen molar-refractivity contribution in [3.05, 3.63) is 54.1 Å². The summed E-state index contributed by atoms with van der Waals surface area (Å²) in [5, 5.41) is 4.22. The third-order valence-corrected chi connectivity index (χ3v) is 5.97. The second-order valence-corrected chi connectivity index (χ2v) is 7.54.